The maximum absolute atomic E-state index is 14.0. The van der Waals surface area contributed by atoms with Gasteiger partial charge in [0.2, 0.25) is 5.91 Å². The smallest absolute Gasteiger partial charge is 0.340 e. The minimum atomic E-state index is -0.630. The van der Waals surface area contributed by atoms with E-state index in [1.54, 1.807) is 4.90 Å². The lowest BCUT2D eigenvalue weighted by Gasteiger charge is -2.20. The van der Waals surface area contributed by atoms with Gasteiger partial charge in [-0.05, 0) is 18.6 Å². The minimum Gasteiger partial charge on any atom is -0.465 e. The van der Waals surface area contributed by atoms with E-state index in [0.717, 1.165) is 6.07 Å². The summed E-state index contributed by atoms with van der Waals surface area (Å²) >= 11 is 0. The predicted molar refractivity (Wildman–Crippen MR) is 71.7 cm³/mol. The van der Waals surface area contributed by atoms with Crippen LogP contribution >= 0.6 is 0 Å². The Hall–Kier alpha value is -2.31. The Morgan fingerprint density at radius 2 is 2.15 bits per heavy atom. The van der Waals surface area contributed by atoms with E-state index >= 15 is 0 Å². The van der Waals surface area contributed by atoms with Crippen LogP contribution < -0.4 is 16.4 Å². The quantitative estimate of drug-likeness (QED) is 0.621. The molecule has 1 aromatic rings. The van der Waals surface area contributed by atoms with Gasteiger partial charge in [-0.25, -0.2) is 9.18 Å². The first-order valence-corrected chi connectivity index (χ1v) is 6.15. The molecule has 20 heavy (non-hydrogen) atoms. The number of methoxy groups -OCH3 is 1. The summed E-state index contributed by atoms with van der Waals surface area (Å²) in [6.45, 7) is 0.825. The van der Waals surface area contributed by atoms with Crippen molar-refractivity contribution in [3.8, 4) is 0 Å². The molecule has 0 saturated carbocycles. The largest absolute Gasteiger partial charge is 0.465 e. The molecular formula is C13H16FN3O3. The molecule has 0 aliphatic carbocycles. The van der Waals surface area contributed by atoms with Gasteiger partial charge < -0.3 is 21.1 Å². The Balaban J connectivity index is 2.33. The van der Waals surface area contributed by atoms with Gasteiger partial charge in [-0.3, -0.25) is 4.79 Å². The molecule has 0 aromatic heterocycles. The fraction of sp³-hybridized carbons (Fsp3) is 0.385. The summed E-state index contributed by atoms with van der Waals surface area (Å²) in [5.41, 5.74) is 11.2. The molecule has 1 aliphatic rings. The molecule has 7 heteroatoms. The molecule has 0 radical (unpaired) electrons. The summed E-state index contributed by atoms with van der Waals surface area (Å²) in [6, 6.07) is 2.43. The van der Waals surface area contributed by atoms with Crippen LogP contribution in [0.4, 0.5) is 15.8 Å². The van der Waals surface area contributed by atoms with Crippen LogP contribution in [0.2, 0.25) is 0 Å². The number of carbonyl (C=O) groups is 2. The van der Waals surface area contributed by atoms with E-state index in [4.69, 9.17) is 11.5 Å². The first kappa shape index (κ1) is 14.1. The fourth-order valence-corrected chi connectivity index (χ4v) is 2.32. The van der Waals surface area contributed by atoms with E-state index in [1.165, 1.54) is 13.2 Å². The van der Waals surface area contributed by atoms with Gasteiger partial charge in [0.15, 0.2) is 0 Å². The summed E-state index contributed by atoms with van der Waals surface area (Å²) in [5, 5.41) is 0. The molecule has 1 unspecified atom stereocenters. The van der Waals surface area contributed by atoms with E-state index in [0.29, 0.717) is 19.5 Å². The van der Waals surface area contributed by atoms with E-state index in [1.807, 2.05) is 0 Å². The normalized spacial score (nSPS) is 18.1. The van der Waals surface area contributed by atoms with Gasteiger partial charge in [0.05, 0.1) is 24.3 Å². The summed E-state index contributed by atoms with van der Waals surface area (Å²) in [7, 11) is 1.23. The van der Waals surface area contributed by atoms with E-state index in [2.05, 4.69) is 4.74 Å². The van der Waals surface area contributed by atoms with Gasteiger partial charge in [0.1, 0.15) is 5.82 Å². The van der Waals surface area contributed by atoms with Crippen LogP contribution in [0.3, 0.4) is 0 Å². The zero-order valence-electron chi connectivity index (χ0n) is 11.1. The number of hydrogen-bond donors (Lipinski definition) is 2. The van der Waals surface area contributed by atoms with Crippen LogP contribution in [0.25, 0.3) is 0 Å². The number of amides is 1. The molecule has 1 atom stereocenters. The number of nitrogens with two attached hydrogens (primary N) is 2. The number of carbonyl (C=O) groups excluding carboxylic acids is 2. The molecule has 1 fully saturated rings. The Bertz CT molecular complexity index is 562. The van der Waals surface area contributed by atoms with Crippen LogP contribution in [0, 0.1) is 11.7 Å². The predicted octanol–water partition coefficient (Wildman–Crippen LogP) is 0.506. The average molecular weight is 281 g/mol. The molecule has 1 aromatic carbocycles. The Morgan fingerprint density at radius 1 is 1.45 bits per heavy atom. The second-order valence-corrected chi connectivity index (χ2v) is 4.72. The molecule has 2 rings (SSSR count). The number of ether oxygens (including phenoxy) is 1. The van der Waals surface area contributed by atoms with Crippen molar-refractivity contribution in [2.24, 2.45) is 11.7 Å². The van der Waals surface area contributed by atoms with Crippen LogP contribution in [-0.2, 0) is 9.53 Å². The summed E-state index contributed by atoms with van der Waals surface area (Å²) in [4.78, 5) is 24.4. The van der Waals surface area contributed by atoms with Crippen molar-refractivity contribution >= 4 is 23.3 Å². The summed E-state index contributed by atoms with van der Waals surface area (Å²) in [5.74, 6) is -1.89. The van der Waals surface area contributed by atoms with Crippen molar-refractivity contribution in [2.45, 2.75) is 6.42 Å². The third-order valence-corrected chi connectivity index (χ3v) is 3.46. The Kier molecular flexibility index (Phi) is 3.78. The molecule has 1 amide bonds. The number of nitrogen functional groups attached to an aromatic ring is 1. The first-order chi connectivity index (χ1) is 9.43. The maximum atomic E-state index is 14.0. The van der Waals surface area contributed by atoms with Crippen LogP contribution in [0.5, 0.6) is 0 Å². The topological polar surface area (TPSA) is 98.6 Å². The molecule has 0 spiro atoms. The van der Waals surface area contributed by atoms with Crippen molar-refractivity contribution in [3.63, 3.8) is 0 Å². The highest BCUT2D eigenvalue weighted by molar-refractivity contribution is 5.96. The van der Waals surface area contributed by atoms with Gasteiger partial charge >= 0.3 is 5.97 Å². The SMILES string of the molecule is COC(=O)c1cc(N2CCC(C(N)=O)C2)c(F)cc1N. The highest BCUT2D eigenvalue weighted by Crippen LogP contribution is 2.30. The van der Waals surface area contributed by atoms with Crippen molar-refractivity contribution in [3.05, 3.63) is 23.5 Å². The standard InChI is InChI=1S/C13H16FN3O3/c1-20-13(19)8-4-11(9(14)5-10(8)15)17-3-2-7(6-17)12(16)18/h4-5,7H,2-3,6,15H2,1H3,(H2,16,18). The van der Waals surface area contributed by atoms with E-state index in [9.17, 15) is 14.0 Å². The van der Waals surface area contributed by atoms with Crippen LogP contribution in [0.15, 0.2) is 12.1 Å². The lowest BCUT2D eigenvalue weighted by atomic mass is 10.1. The van der Waals surface area contributed by atoms with Crippen molar-refractivity contribution in [2.75, 3.05) is 30.8 Å². The zero-order chi connectivity index (χ0) is 14.9. The number of hydrogen-bond acceptors (Lipinski definition) is 5. The number of esters is 1. The van der Waals surface area contributed by atoms with E-state index in [-0.39, 0.29) is 22.9 Å². The molecule has 6 nitrogen and oxygen atoms in total. The van der Waals surface area contributed by atoms with E-state index < -0.39 is 17.7 Å². The number of anilines is 2. The third-order valence-electron chi connectivity index (χ3n) is 3.46. The number of rotatable bonds is 3. The van der Waals surface area contributed by atoms with Crippen molar-refractivity contribution in [1.29, 1.82) is 0 Å². The van der Waals surface area contributed by atoms with Gasteiger partial charge in [-0.2, -0.15) is 0 Å². The zero-order valence-corrected chi connectivity index (χ0v) is 11.1. The molecule has 0 bridgehead atoms. The monoisotopic (exact) mass is 281 g/mol. The molecule has 4 N–H and O–H groups in total. The Labute approximate surface area is 115 Å². The number of benzene rings is 1. The number of primary amides is 1. The van der Waals surface area contributed by atoms with Crippen LogP contribution in [0.1, 0.15) is 16.8 Å². The second-order valence-electron chi connectivity index (χ2n) is 4.72. The lowest BCUT2D eigenvalue weighted by molar-refractivity contribution is -0.121. The van der Waals surface area contributed by atoms with Crippen molar-refractivity contribution < 1.29 is 18.7 Å². The van der Waals surface area contributed by atoms with Crippen LogP contribution in [-0.4, -0.2) is 32.1 Å². The first-order valence-electron chi connectivity index (χ1n) is 6.15. The number of nitrogens with zero attached hydrogens (tertiary/aromatic N) is 1. The minimum absolute atomic E-state index is 0.0174. The third kappa shape index (κ3) is 2.52. The number of halogens is 1. The molecule has 1 aliphatic heterocycles. The molecule has 108 valence electrons. The van der Waals surface area contributed by atoms with Gasteiger partial charge in [0.25, 0.3) is 0 Å². The second kappa shape index (κ2) is 5.36. The van der Waals surface area contributed by atoms with Gasteiger partial charge in [0, 0.05) is 18.8 Å². The average Bonchev–Trinajstić information content (AvgIpc) is 2.87. The Morgan fingerprint density at radius 3 is 2.70 bits per heavy atom. The summed E-state index contributed by atoms with van der Waals surface area (Å²) < 4.78 is 18.6. The maximum Gasteiger partial charge on any atom is 0.340 e. The summed E-state index contributed by atoms with van der Waals surface area (Å²) in [6.07, 6.45) is 0.562. The fourth-order valence-electron chi connectivity index (χ4n) is 2.32. The highest BCUT2D eigenvalue weighted by Gasteiger charge is 2.29. The molecular weight excluding hydrogens is 265 g/mol. The highest BCUT2D eigenvalue weighted by atomic mass is 19.1. The molecule has 1 saturated heterocycles. The van der Waals surface area contributed by atoms with Gasteiger partial charge in [-0.15, -0.1) is 0 Å². The molecule has 1 heterocycles. The lowest BCUT2D eigenvalue weighted by Crippen LogP contribution is -2.28. The van der Waals surface area contributed by atoms with Crippen molar-refractivity contribution in [1.82, 2.24) is 0 Å². The van der Waals surface area contributed by atoms with Gasteiger partial charge in [-0.1, -0.05) is 0 Å².